The van der Waals surface area contributed by atoms with Gasteiger partial charge in [-0.15, -0.1) is 0 Å². The number of hydrogen-bond acceptors (Lipinski definition) is 3. The van der Waals surface area contributed by atoms with Crippen LogP contribution in [-0.2, 0) is 15.4 Å². The topological polar surface area (TPSA) is 55.4 Å². The molecule has 0 bridgehead atoms. The third kappa shape index (κ3) is 8.12. The van der Waals surface area contributed by atoms with Crippen molar-refractivity contribution in [3.05, 3.63) is 29.8 Å². The van der Waals surface area contributed by atoms with Crippen molar-refractivity contribution < 1.29 is 13.2 Å². The smallest absolute Gasteiger partial charge is 0.211 e. The standard InChI is InChI=1S/C23H39NO3S/c1-6-23(5,18-24-28(25,26)15-8-7-14-22(2,3)4)20-10-9-11-21(16-20)27-17-19-12-13-19/h9-11,16,19,24H,6-8,12-15,17-18H2,1-5H3. The zero-order valence-corrected chi connectivity index (χ0v) is 19.2. The van der Waals surface area contributed by atoms with Crippen LogP contribution in [0.25, 0.3) is 0 Å². The van der Waals surface area contributed by atoms with Gasteiger partial charge < -0.3 is 4.74 Å². The molecule has 1 fully saturated rings. The minimum Gasteiger partial charge on any atom is -0.493 e. The van der Waals surface area contributed by atoms with Gasteiger partial charge >= 0.3 is 0 Å². The van der Waals surface area contributed by atoms with E-state index in [2.05, 4.69) is 51.5 Å². The van der Waals surface area contributed by atoms with E-state index >= 15 is 0 Å². The monoisotopic (exact) mass is 409 g/mol. The molecule has 5 heteroatoms. The zero-order valence-electron chi connectivity index (χ0n) is 18.4. The van der Waals surface area contributed by atoms with Crippen LogP contribution in [0.15, 0.2) is 24.3 Å². The molecule has 0 radical (unpaired) electrons. The summed E-state index contributed by atoms with van der Waals surface area (Å²) >= 11 is 0. The van der Waals surface area contributed by atoms with Gasteiger partial charge in [0.2, 0.25) is 10.0 Å². The molecule has 1 atom stereocenters. The van der Waals surface area contributed by atoms with Crippen LogP contribution < -0.4 is 9.46 Å². The minimum absolute atomic E-state index is 0.202. The Hall–Kier alpha value is -1.07. The fourth-order valence-electron chi connectivity index (χ4n) is 3.18. The van der Waals surface area contributed by atoms with Crippen molar-refractivity contribution in [1.82, 2.24) is 4.72 Å². The Labute approximate surface area is 172 Å². The van der Waals surface area contributed by atoms with E-state index in [9.17, 15) is 8.42 Å². The Morgan fingerprint density at radius 3 is 2.46 bits per heavy atom. The Bertz CT molecular complexity index is 720. The molecule has 0 saturated heterocycles. The summed E-state index contributed by atoms with van der Waals surface area (Å²) in [6.07, 6.45) is 6.08. The number of unbranched alkanes of at least 4 members (excludes halogenated alkanes) is 1. The van der Waals surface area contributed by atoms with Crippen LogP contribution in [0.4, 0.5) is 0 Å². The Morgan fingerprint density at radius 2 is 1.86 bits per heavy atom. The van der Waals surface area contributed by atoms with Crippen LogP contribution in [0.2, 0.25) is 0 Å². The summed E-state index contributed by atoms with van der Waals surface area (Å²) in [7, 11) is -3.26. The first-order valence-corrected chi connectivity index (χ1v) is 12.4. The molecule has 28 heavy (non-hydrogen) atoms. The molecule has 1 aromatic carbocycles. The van der Waals surface area contributed by atoms with Crippen LogP contribution >= 0.6 is 0 Å². The SMILES string of the molecule is CCC(C)(CNS(=O)(=O)CCCCC(C)(C)C)c1cccc(OCC2CC2)c1. The lowest BCUT2D eigenvalue weighted by Gasteiger charge is -2.29. The fourth-order valence-corrected chi connectivity index (χ4v) is 4.45. The quantitative estimate of drug-likeness (QED) is 0.478. The Kier molecular flexibility index (Phi) is 7.97. The van der Waals surface area contributed by atoms with Crippen LogP contribution in [0, 0.1) is 11.3 Å². The molecule has 0 amide bonds. The van der Waals surface area contributed by atoms with E-state index in [1.807, 2.05) is 12.1 Å². The lowest BCUT2D eigenvalue weighted by Crippen LogP contribution is -2.39. The third-order valence-corrected chi connectivity index (χ3v) is 7.18. The van der Waals surface area contributed by atoms with E-state index in [0.29, 0.717) is 18.9 Å². The van der Waals surface area contributed by atoms with Gasteiger partial charge in [0.05, 0.1) is 12.4 Å². The van der Waals surface area contributed by atoms with E-state index < -0.39 is 10.0 Å². The molecule has 1 aliphatic carbocycles. The maximum atomic E-state index is 12.5. The number of nitrogens with one attached hydrogen (secondary N) is 1. The summed E-state index contributed by atoms with van der Waals surface area (Å²) < 4.78 is 33.7. The Balaban J connectivity index is 1.90. The molecule has 1 saturated carbocycles. The predicted molar refractivity (Wildman–Crippen MR) is 117 cm³/mol. The fraction of sp³-hybridized carbons (Fsp3) is 0.739. The maximum absolute atomic E-state index is 12.5. The lowest BCUT2D eigenvalue weighted by atomic mass is 9.80. The highest BCUT2D eigenvalue weighted by molar-refractivity contribution is 7.89. The van der Waals surface area contributed by atoms with Crippen molar-refractivity contribution in [2.24, 2.45) is 11.3 Å². The average Bonchev–Trinajstić information content (AvgIpc) is 3.46. The Morgan fingerprint density at radius 1 is 1.14 bits per heavy atom. The van der Waals surface area contributed by atoms with Crippen molar-refractivity contribution in [3.8, 4) is 5.75 Å². The van der Waals surface area contributed by atoms with E-state index in [1.165, 1.54) is 12.8 Å². The summed E-state index contributed by atoms with van der Waals surface area (Å²) in [5, 5.41) is 0. The minimum atomic E-state index is -3.26. The van der Waals surface area contributed by atoms with E-state index in [4.69, 9.17) is 4.74 Å². The van der Waals surface area contributed by atoms with Gasteiger partial charge in [0, 0.05) is 12.0 Å². The van der Waals surface area contributed by atoms with Gasteiger partial charge in [0.1, 0.15) is 5.75 Å². The number of benzene rings is 1. The predicted octanol–water partition coefficient (Wildman–Crippen LogP) is 5.28. The summed E-state index contributed by atoms with van der Waals surface area (Å²) in [5.74, 6) is 1.80. The molecule has 0 aliphatic heterocycles. The van der Waals surface area contributed by atoms with E-state index in [1.54, 1.807) is 0 Å². The molecule has 4 nitrogen and oxygen atoms in total. The van der Waals surface area contributed by atoms with Crippen LogP contribution in [0.1, 0.15) is 78.7 Å². The first-order chi connectivity index (χ1) is 13.0. The summed E-state index contributed by atoms with van der Waals surface area (Å²) in [6.45, 7) is 12.0. The first-order valence-electron chi connectivity index (χ1n) is 10.7. The number of rotatable bonds is 12. The normalized spacial score (nSPS) is 17.3. The molecule has 0 spiro atoms. The van der Waals surface area contributed by atoms with Crippen molar-refractivity contribution in [1.29, 1.82) is 0 Å². The lowest BCUT2D eigenvalue weighted by molar-refractivity contribution is 0.298. The van der Waals surface area contributed by atoms with Crippen molar-refractivity contribution in [2.45, 2.75) is 78.6 Å². The van der Waals surface area contributed by atoms with Crippen LogP contribution in [0.3, 0.4) is 0 Å². The highest BCUT2D eigenvalue weighted by Gasteiger charge is 2.27. The van der Waals surface area contributed by atoms with Crippen molar-refractivity contribution >= 4 is 10.0 Å². The molecular formula is C23H39NO3S. The van der Waals surface area contributed by atoms with Gasteiger partial charge in [-0.2, -0.15) is 0 Å². The van der Waals surface area contributed by atoms with E-state index in [0.717, 1.165) is 37.2 Å². The maximum Gasteiger partial charge on any atom is 0.211 e. The molecule has 2 rings (SSSR count). The molecule has 1 aromatic rings. The first kappa shape index (κ1) is 23.2. The second kappa shape index (κ2) is 9.62. The summed E-state index contributed by atoms with van der Waals surface area (Å²) in [4.78, 5) is 0. The van der Waals surface area contributed by atoms with Crippen molar-refractivity contribution in [3.63, 3.8) is 0 Å². The van der Waals surface area contributed by atoms with Gasteiger partial charge in [-0.05, 0) is 61.1 Å². The second-order valence-electron chi connectivity index (χ2n) is 9.85. The second-order valence-corrected chi connectivity index (χ2v) is 11.8. The number of sulfonamides is 1. The van der Waals surface area contributed by atoms with Gasteiger partial charge in [-0.25, -0.2) is 13.1 Å². The number of ether oxygens (including phenoxy) is 1. The highest BCUT2D eigenvalue weighted by atomic mass is 32.2. The molecule has 160 valence electrons. The van der Waals surface area contributed by atoms with E-state index in [-0.39, 0.29) is 16.6 Å². The largest absolute Gasteiger partial charge is 0.493 e. The molecule has 0 aromatic heterocycles. The van der Waals surface area contributed by atoms with Crippen molar-refractivity contribution in [2.75, 3.05) is 18.9 Å². The van der Waals surface area contributed by atoms with Gasteiger partial charge in [-0.1, -0.05) is 53.2 Å². The van der Waals surface area contributed by atoms with Gasteiger partial charge in [0.25, 0.3) is 0 Å². The average molecular weight is 410 g/mol. The molecule has 1 N–H and O–H groups in total. The van der Waals surface area contributed by atoms with Gasteiger partial charge in [0.15, 0.2) is 0 Å². The zero-order chi connectivity index (χ0) is 20.8. The summed E-state index contributed by atoms with van der Waals surface area (Å²) in [5.41, 5.74) is 1.13. The highest BCUT2D eigenvalue weighted by Crippen LogP contribution is 2.32. The molecule has 0 heterocycles. The summed E-state index contributed by atoms with van der Waals surface area (Å²) in [6, 6.07) is 8.14. The molecule has 1 aliphatic rings. The molecular weight excluding hydrogens is 370 g/mol. The molecule has 1 unspecified atom stereocenters. The van der Waals surface area contributed by atoms with Gasteiger partial charge in [-0.3, -0.25) is 0 Å². The number of hydrogen-bond donors (Lipinski definition) is 1. The third-order valence-electron chi connectivity index (χ3n) is 5.77. The van der Waals surface area contributed by atoms with Crippen LogP contribution in [-0.4, -0.2) is 27.3 Å². The van der Waals surface area contributed by atoms with Crippen LogP contribution in [0.5, 0.6) is 5.75 Å².